The van der Waals surface area contributed by atoms with E-state index in [0.29, 0.717) is 0 Å². The zero-order valence-electron chi connectivity index (χ0n) is 54.6. The fourth-order valence-electron chi connectivity index (χ4n) is 15.7. The molecule has 1 saturated heterocycles. The maximum Gasteiger partial charge on any atom is 0.494 e. The minimum absolute atomic E-state index is 0.360. The normalized spacial score (nSPS) is 13.8. The number of benzene rings is 14. The third-order valence-electron chi connectivity index (χ3n) is 21.1. The standard InChI is InChI=1S/C42H26N2.C30H28BNO2.C18H10ClN/c1-2-9-27(10-3-1)28-17-21-31(22-18-28)43-38-15-6-5-12-33(38)37-25-29(20-24-40(37)43)30-19-23-34-36-14-8-13-35-32-11-4-7-16-39(32)44(42(35)36)41(34)26-30;1-29(2)30(3,4)34-31(33-29)23-16-19-28-26(20-23)25-12-8-9-13-27(25)32(28)24-17-14-22(15-18-24)21-10-6-5-7-11-21;19-11-8-9-13-15-6-3-5-14-12-4-1-2-7-16(12)20(18(14)15)17(13)10-11/h1-26H;5-20H,1-4H3;1-10H. The predicted molar refractivity (Wildman–Crippen MR) is 414 cm³/mol. The Hall–Kier alpha value is -11.4. The Morgan fingerprint density at radius 2 is 0.592 bits per heavy atom. The third kappa shape index (κ3) is 9.04. The van der Waals surface area contributed by atoms with E-state index in [1.54, 1.807) is 0 Å². The van der Waals surface area contributed by atoms with Crippen molar-refractivity contribution in [2.75, 3.05) is 0 Å². The molecular formula is C90H64BClN4O2. The zero-order valence-corrected chi connectivity index (χ0v) is 55.3. The van der Waals surface area contributed by atoms with Gasteiger partial charge >= 0.3 is 7.12 Å². The van der Waals surface area contributed by atoms with Crippen LogP contribution in [-0.4, -0.2) is 36.3 Å². The topological polar surface area (TPSA) is 37.1 Å². The van der Waals surface area contributed by atoms with Crippen LogP contribution >= 0.6 is 11.6 Å². The van der Waals surface area contributed by atoms with Gasteiger partial charge in [-0.05, 0) is 151 Å². The molecule has 0 N–H and O–H groups in total. The lowest BCUT2D eigenvalue weighted by atomic mass is 9.78. The van der Waals surface area contributed by atoms with E-state index >= 15 is 0 Å². The first-order valence-electron chi connectivity index (χ1n) is 33.8. The Morgan fingerprint density at radius 3 is 1.08 bits per heavy atom. The van der Waals surface area contributed by atoms with Crippen molar-refractivity contribution in [3.8, 4) is 44.8 Å². The van der Waals surface area contributed by atoms with Gasteiger partial charge in [-0.1, -0.05) is 242 Å². The molecule has 8 heteroatoms. The third-order valence-corrected chi connectivity index (χ3v) is 21.3. The van der Waals surface area contributed by atoms with E-state index in [2.05, 4.69) is 349 Å². The van der Waals surface area contributed by atoms with Gasteiger partial charge in [0.05, 0.1) is 66.4 Å². The van der Waals surface area contributed by atoms with Gasteiger partial charge in [0.25, 0.3) is 0 Å². The van der Waals surface area contributed by atoms with Gasteiger partial charge < -0.3 is 27.2 Å². The van der Waals surface area contributed by atoms with E-state index in [-0.39, 0.29) is 18.3 Å². The van der Waals surface area contributed by atoms with Crippen LogP contribution in [0, 0.1) is 0 Å². The summed E-state index contributed by atoms with van der Waals surface area (Å²) in [6.07, 6.45) is 0. The Labute approximate surface area is 571 Å². The predicted octanol–water partition coefficient (Wildman–Crippen LogP) is 23.5. The Morgan fingerprint density at radius 1 is 0.255 bits per heavy atom. The number of aromatic nitrogens is 4. The fourth-order valence-corrected chi connectivity index (χ4v) is 15.9. The fraction of sp³-hybridized carbons (Fsp3) is 0.0667. The molecule has 0 amide bonds. The molecule has 20 aromatic rings. The van der Waals surface area contributed by atoms with Crippen molar-refractivity contribution in [3.63, 3.8) is 0 Å². The van der Waals surface area contributed by atoms with Crippen LogP contribution in [0.3, 0.4) is 0 Å². The highest BCUT2D eigenvalue weighted by Crippen LogP contribution is 2.44. The summed E-state index contributed by atoms with van der Waals surface area (Å²) in [6.45, 7) is 8.38. The molecule has 466 valence electrons. The second-order valence-corrected chi connectivity index (χ2v) is 27.6. The summed E-state index contributed by atoms with van der Waals surface area (Å²) in [4.78, 5) is 0. The Balaban J connectivity index is 0.000000110. The summed E-state index contributed by atoms with van der Waals surface area (Å²) >= 11 is 6.21. The zero-order chi connectivity index (χ0) is 65.5. The maximum atomic E-state index is 6.33. The van der Waals surface area contributed by atoms with Crippen LogP contribution in [0.5, 0.6) is 0 Å². The first-order valence-corrected chi connectivity index (χ1v) is 34.1. The van der Waals surface area contributed by atoms with Crippen molar-refractivity contribution in [3.05, 3.63) is 320 Å². The van der Waals surface area contributed by atoms with E-state index in [4.69, 9.17) is 20.9 Å². The van der Waals surface area contributed by atoms with Crippen LogP contribution < -0.4 is 5.46 Å². The molecule has 0 unspecified atom stereocenters. The smallest absolute Gasteiger partial charge is 0.399 e. The van der Waals surface area contributed by atoms with Crippen LogP contribution in [0.4, 0.5) is 0 Å². The monoisotopic (exact) mass is 1280 g/mol. The van der Waals surface area contributed by atoms with Gasteiger partial charge in [-0.2, -0.15) is 0 Å². The van der Waals surface area contributed by atoms with Crippen LogP contribution in [0.15, 0.2) is 315 Å². The van der Waals surface area contributed by atoms with Crippen LogP contribution in [-0.2, 0) is 9.31 Å². The lowest BCUT2D eigenvalue weighted by Gasteiger charge is -2.32. The molecule has 98 heavy (non-hydrogen) atoms. The highest BCUT2D eigenvalue weighted by molar-refractivity contribution is 6.62. The average molecular weight is 1280 g/mol. The maximum absolute atomic E-state index is 6.33. The van der Waals surface area contributed by atoms with E-state index in [0.717, 1.165) is 16.2 Å². The molecule has 1 aliphatic rings. The molecule has 7 heterocycles. The summed E-state index contributed by atoms with van der Waals surface area (Å²) in [5.41, 5.74) is 22.4. The van der Waals surface area contributed by atoms with Gasteiger partial charge in [-0.3, -0.25) is 0 Å². The first kappa shape index (κ1) is 58.0. The highest BCUT2D eigenvalue weighted by Gasteiger charge is 2.51. The number of halogens is 1. The van der Waals surface area contributed by atoms with Gasteiger partial charge in [-0.15, -0.1) is 0 Å². The minimum atomic E-state index is -0.373. The van der Waals surface area contributed by atoms with Crippen molar-refractivity contribution >= 4 is 144 Å². The summed E-state index contributed by atoms with van der Waals surface area (Å²) < 4.78 is 22.2. The summed E-state index contributed by atoms with van der Waals surface area (Å²) in [6, 6.07) is 113. The number of fused-ring (bicyclic) bond motifs is 18. The van der Waals surface area contributed by atoms with Crippen LogP contribution in [0.2, 0.25) is 5.02 Å². The number of hydrogen-bond acceptors (Lipinski definition) is 2. The second-order valence-electron chi connectivity index (χ2n) is 27.1. The van der Waals surface area contributed by atoms with Crippen molar-refractivity contribution < 1.29 is 9.31 Å². The summed E-state index contributed by atoms with van der Waals surface area (Å²) in [7, 11) is -0.373. The molecule has 0 saturated carbocycles. The number of para-hydroxylation sites is 6. The summed E-state index contributed by atoms with van der Waals surface area (Å²) in [5.74, 6) is 0. The van der Waals surface area contributed by atoms with Crippen LogP contribution in [0.1, 0.15) is 27.7 Å². The van der Waals surface area contributed by atoms with E-state index < -0.39 is 0 Å². The first-order chi connectivity index (χ1) is 48.0. The molecule has 0 bridgehead atoms. The number of rotatable bonds is 6. The summed E-state index contributed by atoms with van der Waals surface area (Å²) in [5, 5.41) is 16.2. The van der Waals surface area contributed by atoms with Crippen molar-refractivity contribution in [1.82, 2.24) is 17.9 Å². The lowest BCUT2D eigenvalue weighted by molar-refractivity contribution is 0.00578. The van der Waals surface area contributed by atoms with Crippen molar-refractivity contribution in [2.24, 2.45) is 0 Å². The van der Waals surface area contributed by atoms with Gasteiger partial charge in [0, 0.05) is 81.0 Å². The largest absolute Gasteiger partial charge is 0.494 e. The van der Waals surface area contributed by atoms with Crippen molar-refractivity contribution in [2.45, 2.75) is 38.9 Å². The molecule has 14 aromatic carbocycles. The Kier molecular flexibility index (Phi) is 13.2. The van der Waals surface area contributed by atoms with Gasteiger partial charge in [0.2, 0.25) is 0 Å². The number of hydrogen-bond donors (Lipinski definition) is 0. The molecule has 6 nitrogen and oxygen atoms in total. The molecule has 0 aliphatic carbocycles. The minimum Gasteiger partial charge on any atom is -0.399 e. The SMILES string of the molecule is CC1(C)OB(c2ccc3c(c2)c2ccccc2n3-c2ccc(-c3ccccc3)cc2)OC1(C)C.Clc1ccc2c3cccc4c5ccccc5n(c2c1)c43.c1ccc(-c2ccc(-n3c4ccccc4c4cc(-c5ccc6c7cccc8c9ccccc9n(c6c5)c87)ccc43)cc2)cc1. The molecule has 1 aliphatic heterocycles. The van der Waals surface area contributed by atoms with Gasteiger partial charge in [0.1, 0.15) is 0 Å². The molecular weight excluding hydrogens is 1220 g/mol. The van der Waals surface area contributed by atoms with E-state index in [1.807, 2.05) is 12.1 Å². The highest BCUT2D eigenvalue weighted by atomic mass is 35.5. The van der Waals surface area contributed by atoms with Crippen LogP contribution in [0.25, 0.3) is 165 Å². The second kappa shape index (κ2) is 22.3. The molecule has 0 atom stereocenters. The van der Waals surface area contributed by atoms with E-state index in [1.165, 1.54) is 159 Å². The van der Waals surface area contributed by atoms with Crippen molar-refractivity contribution in [1.29, 1.82) is 0 Å². The van der Waals surface area contributed by atoms with Gasteiger partial charge in [0.15, 0.2) is 0 Å². The Bertz CT molecular complexity index is 6490. The van der Waals surface area contributed by atoms with E-state index in [9.17, 15) is 0 Å². The average Bonchev–Trinajstić information content (AvgIpc) is 1.56. The van der Waals surface area contributed by atoms with Gasteiger partial charge in [-0.25, -0.2) is 0 Å². The molecule has 0 spiro atoms. The lowest BCUT2D eigenvalue weighted by Crippen LogP contribution is -2.41. The quantitative estimate of drug-likeness (QED) is 0.156. The molecule has 0 radical (unpaired) electrons. The number of nitrogens with zero attached hydrogens (tertiary/aromatic N) is 4. The molecule has 21 rings (SSSR count). The molecule has 1 fully saturated rings. The molecule has 6 aromatic heterocycles.